The molecule has 0 aromatic heterocycles. The summed E-state index contributed by atoms with van der Waals surface area (Å²) in [7, 11) is 1.94. The summed E-state index contributed by atoms with van der Waals surface area (Å²) in [4.78, 5) is 1.97. The van der Waals surface area contributed by atoms with Crippen LogP contribution in [0.3, 0.4) is 0 Å². The van der Waals surface area contributed by atoms with Crippen LogP contribution in [0.2, 0.25) is 0 Å². The highest BCUT2D eigenvalue weighted by Gasteiger charge is 2.21. The van der Waals surface area contributed by atoms with E-state index in [4.69, 9.17) is 11.5 Å². The number of rotatable bonds is 0. The maximum atomic E-state index is 5.75. The van der Waals surface area contributed by atoms with Crippen molar-refractivity contribution in [3.63, 3.8) is 0 Å². The maximum absolute atomic E-state index is 5.75. The van der Waals surface area contributed by atoms with Gasteiger partial charge in [-0.2, -0.15) is 0 Å². The van der Waals surface area contributed by atoms with Crippen LogP contribution in [0.4, 0.5) is 17.1 Å². The fourth-order valence-electron chi connectivity index (χ4n) is 1.38. The third kappa shape index (κ3) is 0.887. The monoisotopic (exact) mass is 164 g/mol. The number of anilines is 3. The van der Waals surface area contributed by atoms with Gasteiger partial charge < -0.3 is 16.0 Å². The normalized spacial score (nSPS) is 20.5. The fraction of sp³-hybridized carbons (Fsp3) is 0.250. The number of nitrogens with two attached hydrogens (primary N) is 2. The molecule has 2 rings (SSSR count). The van der Waals surface area contributed by atoms with Crippen molar-refractivity contribution in [3.8, 4) is 0 Å². The van der Waals surface area contributed by atoms with Crippen molar-refractivity contribution in [2.24, 2.45) is 5.73 Å². The second kappa shape index (κ2) is 2.28. The zero-order valence-corrected chi connectivity index (χ0v) is 6.91. The number of nitrogens with one attached hydrogen (secondary N) is 1. The summed E-state index contributed by atoms with van der Waals surface area (Å²) in [6, 6.07) is 5.72. The second-order valence-electron chi connectivity index (χ2n) is 2.98. The highest BCUT2D eigenvalue weighted by atomic mass is 15.4. The molecule has 1 atom stereocenters. The summed E-state index contributed by atoms with van der Waals surface area (Å²) < 4.78 is 0. The van der Waals surface area contributed by atoms with Crippen LogP contribution in [0.5, 0.6) is 0 Å². The van der Waals surface area contributed by atoms with E-state index in [0.717, 1.165) is 17.1 Å². The Balaban J connectivity index is 2.47. The van der Waals surface area contributed by atoms with E-state index in [1.807, 2.05) is 30.1 Å². The quantitative estimate of drug-likeness (QED) is 0.485. The molecule has 0 saturated heterocycles. The van der Waals surface area contributed by atoms with Gasteiger partial charge in [0.1, 0.15) is 0 Å². The Morgan fingerprint density at radius 3 is 3.00 bits per heavy atom. The van der Waals surface area contributed by atoms with Gasteiger partial charge in [0, 0.05) is 12.7 Å². The van der Waals surface area contributed by atoms with E-state index in [1.54, 1.807) is 0 Å². The van der Waals surface area contributed by atoms with Crippen LogP contribution in [-0.2, 0) is 0 Å². The Morgan fingerprint density at radius 1 is 1.50 bits per heavy atom. The van der Waals surface area contributed by atoms with Crippen LogP contribution in [-0.4, -0.2) is 13.3 Å². The number of nitrogen functional groups attached to an aromatic ring is 1. The molecule has 12 heavy (non-hydrogen) atoms. The van der Waals surface area contributed by atoms with Crippen molar-refractivity contribution in [1.29, 1.82) is 0 Å². The molecule has 0 spiro atoms. The van der Waals surface area contributed by atoms with Crippen LogP contribution in [0.25, 0.3) is 0 Å². The summed E-state index contributed by atoms with van der Waals surface area (Å²) in [5, 5.41) is 3.11. The summed E-state index contributed by atoms with van der Waals surface area (Å²) in [6.45, 7) is 0. The predicted octanol–water partition coefficient (Wildman–Crippen LogP) is 0.373. The van der Waals surface area contributed by atoms with Crippen LogP contribution >= 0.6 is 0 Å². The van der Waals surface area contributed by atoms with E-state index in [9.17, 15) is 0 Å². The van der Waals surface area contributed by atoms with E-state index >= 15 is 0 Å². The van der Waals surface area contributed by atoms with E-state index in [1.165, 1.54) is 0 Å². The lowest BCUT2D eigenvalue weighted by Gasteiger charge is -2.16. The molecule has 4 nitrogen and oxygen atoms in total. The number of hydrogen-bond donors (Lipinski definition) is 3. The second-order valence-corrected chi connectivity index (χ2v) is 2.98. The van der Waals surface area contributed by atoms with Gasteiger partial charge in [0.2, 0.25) is 0 Å². The predicted molar refractivity (Wildman–Crippen MR) is 50.9 cm³/mol. The van der Waals surface area contributed by atoms with Gasteiger partial charge in [-0.3, -0.25) is 5.73 Å². The first-order chi connectivity index (χ1) is 5.68. The highest BCUT2D eigenvalue weighted by molar-refractivity contribution is 5.78. The Morgan fingerprint density at radius 2 is 2.25 bits per heavy atom. The molecule has 1 aliphatic rings. The van der Waals surface area contributed by atoms with Gasteiger partial charge in [0.05, 0.1) is 11.4 Å². The Hall–Kier alpha value is -1.42. The Bertz CT molecular complexity index is 310. The third-order valence-electron chi connectivity index (χ3n) is 2.12. The Kier molecular flexibility index (Phi) is 1.38. The van der Waals surface area contributed by atoms with E-state index < -0.39 is 0 Å². The first-order valence-corrected chi connectivity index (χ1v) is 3.83. The molecule has 4 heteroatoms. The molecular formula is C8H12N4. The molecule has 0 amide bonds. The van der Waals surface area contributed by atoms with Gasteiger partial charge in [-0.05, 0) is 18.2 Å². The smallest absolute Gasteiger partial charge is 0.152 e. The first kappa shape index (κ1) is 7.24. The third-order valence-corrected chi connectivity index (χ3v) is 2.12. The van der Waals surface area contributed by atoms with Crippen molar-refractivity contribution in [3.05, 3.63) is 18.2 Å². The van der Waals surface area contributed by atoms with Crippen molar-refractivity contribution in [2.75, 3.05) is 23.0 Å². The van der Waals surface area contributed by atoms with Crippen LogP contribution in [0.1, 0.15) is 0 Å². The molecule has 0 fully saturated rings. The average molecular weight is 164 g/mol. The van der Waals surface area contributed by atoms with Gasteiger partial charge in [-0.15, -0.1) is 0 Å². The number of hydrogen-bond acceptors (Lipinski definition) is 4. The summed E-state index contributed by atoms with van der Waals surface area (Å²) in [6.07, 6.45) is -0.137. The van der Waals surface area contributed by atoms with Gasteiger partial charge in [0.15, 0.2) is 6.29 Å². The number of fused-ring (bicyclic) bond motifs is 1. The zero-order chi connectivity index (χ0) is 8.72. The summed E-state index contributed by atoms with van der Waals surface area (Å²) in [5.41, 5.74) is 14.2. The first-order valence-electron chi connectivity index (χ1n) is 3.83. The summed E-state index contributed by atoms with van der Waals surface area (Å²) >= 11 is 0. The van der Waals surface area contributed by atoms with E-state index in [2.05, 4.69) is 5.32 Å². The molecule has 64 valence electrons. The fourth-order valence-corrected chi connectivity index (χ4v) is 1.38. The lowest BCUT2D eigenvalue weighted by Crippen LogP contribution is -2.40. The number of benzene rings is 1. The molecule has 1 aromatic rings. The Labute approximate surface area is 71.1 Å². The lowest BCUT2D eigenvalue weighted by atomic mass is 10.2. The minimum Gasteiger partial charge on any atom is -0.399 e. The molecule has 0 radical (unpaired) electrons. The minimum atomic E-state index is -0.137. The molecule has 0 saturated carbocycles. The molecule has 1 unspecified atom stereocenters. The molecule has 0 aliphatic carbocycles. The topological polar surface area (TPSA) is 67.3 Å². The zero-order valence-electron chi connectivity index (χ0n) is 6.91. The van der Waals surface area contributed by atoms with Gasteiger partial charge in [0.25, 0.3) is 0 Å². The standard InChI is InChI=1S/C8H12N4/c1-12-7-3-2-5(9)4-6(7)11-8(12)10/h2-4,8,11H,9-10H2,1H3. The van der Waals surface area contributed by atoms with Crippen LogP contribution in [0.15, 0.2) is 18.2 Å². The molecule has 1 aromatic carbocycles. The minimum absolute atomic E-state index is 0.137. The lowest BCUT2D eigenvalue weighted by molar-refractivity contribution is 0.769. The molecule has 5 N–H and O–H groups in total. The molecular weight excluding hydrogens is 152 g/mol. The van der Waals surface area contributed by atoms with Crippen LogP contribution in [0, 0.1) is 0 Å². The SMILES string of the molecule is CN1c2ccc(N)cc2NC1N. The highest BCUT2D eigenvalue weighted by Crippen LogP contribution is 2.32. The average Bonchev–Trinajstić information content (AvgIpc) is 2.28. The molecule has 1 heterocycles. The van der Waals surface area contributed by atoms with E-state index in [-0.39, 0.29) is 6.29 Å². The van der Waals surface area contributed by atoms with Crippen molar-refractivity contribution in [1.82, 2.24) is 0 Å². The largest absolute Gasteiger partial charge is 0.399 e. The van der Waals surface area contributed by atoms with Crippen molar-refractivity contribution >= 4 is 17.1 Å². The van der Waals surface area contributed by atoms with Crippen molar-refractivity contribution in [2.45, 2.75) is 6.29 Å². The number of nitrogens with zero attached hydrogens (tertiary/aromatic N) is 1. The van der Waals surface area contributed by atoms with Gasteiger partial charge >= 0.3 is 0 Å². The molecule has 1 aliphatic heterocycles. The van der Waals surface area contributed by atoms with Gasteiger partial charge in [-0.1, -0.05) is 0 Å². The van der Waals surface area contributed by atoms with Gasteiger partial charge in [-0.25, -0.2) is 0 Å². The molecule has 0 bridgehead atoms. The maximum Gasteiger partial charge on any atom is 0.152 e. The summed E-state index contributed by atoms with van der Waals surface area (Å²) in [5.74, 6) is 0. The van der Waals surface area contributed by atoms with E-state index in [0.29, 0.717) is 0 Å². The van der Waals surface area contributed by atoms with Crippen molar-refractivity contribution < 1.29 is 0 Å². The van der Waals surface area contributed by atoms with Crippen LogP contribution < -0.4 is 21.7 Å².